The molecule has 1 aromatic heterocycles. The molecule has 32 heavy (non-hydrogen) atoms. The molecule has 1 amide bonds. The van der Waals surface area contributed by atoms with E-state index in [-0.39, 0.29) is 28.3 Å². The number of carbonyl (C=O) groups excluding carboxylic acids is 1. The van der Waals surface area contributed by atoms with Crippen molar-refractivity contribution in [1.29, 1.82) is 0 Å². The highest BCUT2D eigenvalue weighted by atomic mass is 35.5. The summed E-state index contributed by atoms with van der Waals surface area (Å²) in [6.45, 7) is 2.55. The van der Waals surface area contributed by atoms with Crippen LogP contribution in [0.2, 0.25) is 5.15 Å². The Morgan fingerprint density at radius 2 is 1.62 bits per heavy atom. The van der Waals surface area contributed by atoms with E-state index in [0.717, 1.165) is 11.8 Å². The quantitative estimate of drug-likeness (QED) is 0.322. The minimum absolute atomic E-state index is 0.00911. The first kappa shape index (κ1) is 22.3. The number of halogens is 3. The second-order valence-corrected chi connectivity index (χ2v) is 8.40. The van der Waals surface area contributed by atoms with E-state index in [1.165, 1.54) is 18.2 Å². The number of rotatable bonds is 6. The van der Waals surface area contributed by atoms with Gasteiger partial charge in [-0.05, 0) is 24.3 Å². The summed E-state index contributed by atoms with van der Waals surface area (Å²) in [5.41, 5.74) is 0.712. The van der Waals surface area contributed by atoms with Gasteiger partial charge < -0.3 is 15.1 Å². The van der Waals surface area contributed by atoms with Gasteiger partial charge >= 0.3 is 0 Å². The number of nitrogens with zero attached hydrogens (tertiary/aromatic N) is 4. The van der Waals surface area contributed by atoms with Crippen LogP contribution in [0.1, 0.15) is 0 Å². The summed E-state index contributed by atoms with van der Waals surface area (Å²) in [5, 5.41) is 3.15. The summed E-state index contributed by atoms with van der Waals surface area (Å²) in [7, 11) is 0. The molecule has 0 atom stereocenters. The van der Waals surface area contributed by atoms with E-state index < -0.39 is 5.82 Å². The number of nitrogens with one attached hydrogen (secondary N) is 1. The second-order valence-electron chi connectivity index (χ2n) is 7.07. The van der Waals surface area contributed by atoms with Crippen LogP contribution in [0.4, 0.5) is 26.0 Å². The lowest BCUT2D eigenvalue weighted by molar-refractivity contribution is -0.113. The van der Waals surface area contributed by atoms with E-state index in [1.54, 1.807) is 30.3 Å². The number of amides is 1. The SMILES string of the molecule is O=C(CSc1nc(Cl)cc(N2CCN(c3ccccc3F)CC2)n1)Nc1ccccc1F. The van der Waals surface area contributed by atoms with Crippen molar-refractivity contribution >= 4 is 46.5 Å². The summed E-state index contributed by atoms with van der Waals surface area (Å²) in [6.07, 6.45) is 0. The largest absolute Gasteiger partial charge is 0.366 e. The van der Waals surface area contributed by atoms with Crippen molar-refractivity contribution in [3.63, 3.8) is 0 Å². The standard InChI is InChI=1S/C22H20ClF2N5OS/c23-19-13-20(30-11-9-29(10-12-30)18-8-4-2-6-16(18)25)28-22(27-19)32-14-21(31)26-17-7-3-1-5-15(17)24/h1-8,13H,9-12,14H2,(H,26,31). The van der Waals surface area contributed by atoms with Crippen LogP contribution in [-0.2, 0) is 4.79 Å². The van der Waals surface area contributed by atoms with Gasteiger partial charge in [0.2, 0.25) is 5.91 Å². The number of para-hydroxylation sites is 2. The van der Waals surface area contributed by atoms with Crippen molar-refractivity contribution < 1.29 is 13.6 Å². The lowest BCUT2D eigenvalue weighted by atomic mass is 10.2. The summed E-state index contributed by atoms with van der Waals surface area (Å²) in [4.78, 5) is 24.9. The fourth-order valence-electron chi connectivity index (χ4n) is 3.38. The summed E-state index contributed by atoms with van der Waals surface area (Å²) in [6, 6.07) is 14.4. The van der Waals surface area contributed by atoms with E-state index in [9.17, 15) is 13.6 Å². The predicted octanol–water partition coefficient (Wildman–Crippen LogP) is 4.47. The van der Waals surface area contributed by atoms with Crippen molar-refractivity contribution in [3.05, 3.63) is 71.4 Å². The number of anilines is 3. The summed E-state index contributed by atoms with van der Waals surface area (Å²) in [5.74, 6) is -0.450. The lowest BCUT2D eigenvalue weighted by Crippen LogP contribution is -2.47. The zero-order valence-corrected chi connectivity index (χ0v) is 18.5. The molecular formula is C22H20ClF2N5OS. The molecule has 1 N–H and O–H groups in total. The fourth-order valence-corrected chi connectivity index (χ4v) is 4.26. The molecule has 2 aromatic carbocycles. The van der Waals surface area contributed by atoms with E-state index in [1.807, 2.05) is 15.9 Å². The zero-order valence-electron chi connectivity index (χ0n) is 17.0. The molecule has 0 radical (unpaired) electrons. The van der Waals surface area contributed by atoms with Crippen molar-refractivity contribution in [2.45, 2.75) is 5.16 Å². The molecule has 10 heteroatoms. The molecule has 1 aliphatic rings. The highest BCUT2D eigenvalue weighted by Crippen LogP contribution is 2.25. The third kappa shape index (κ3) is 5.46. The van der Waals surface area contributed by atoms with Gasteiger partial charge in [-0.2, -0.15) is 0 Å². The summed E-state index contributed by atoms with van der Waals surface area (Å²) >= 11 is 7.30. The van der Waals surface area contributed by atoms with Crippen LogP contribution in [0, 0.1) is 11.6 Å². The van der Waals surface area contributed by atoms with Crippen molar-refractivity contribution in [3.8, 4) is 0 Å². The maximum atomic E-state index is 14.1. The molecule has 1 aliphatic heterocycles. The van der Waals surface area contributed by atoms with Gasteiger partial charge in [-0.1, -0.05) is 47.6 Å². The molecule has 0 bridgehead atoms. The Balaban J connectivity index is 1.36. The third-order valence-electron chi connectivity index (χ3n) is 4.94. The van der Waals surface area contributed by atoms with Crippen LogP contribution >= 0.6 is 23.4 Å². The van der Waals surface area contributed by atoms with Gasteiger partial charge in [0.15, 0.2) is 5.16 Å². The van der Waals surface area contributed by atoms with Crippen LogP contribution < -0.4 is 15.1 Å². The number of hydrogen-bond acceptors (Lipinski definition) is 6. The van der Waals surface area contributed by atoms with Gasteiger partial charge in [0.25, 0.3) is 0 Å². The number of carbonyl (C=O) groups is 1. The fraction of sp³-hybridized carbons (Fsp3) is 0.227. The Hall–Kier alpha value is -2.91. The van der Waals surface area contributed by atoms with Crippen molar-refractivity contribution in [2.24, 2.45) is 0 Å². The number of hydrogen-bond donors (Lipinski definition) is 1. The molecular weight excluding hydrogens is 456 g/mol. The van der Waals surface area contributed by atoms with Crippen molar-refractivity contribution in [1.82, 2.24) is 9.97 Å². The topological polar surface area (TPSA) is 61.4 Å². The van der Waals surface area contributed by atoms with E-state index in [0.29, 0.717) is 42.8 Å². The van der Waals surface area contributed by atoms with Crippen LogP contribution in [0.25, 0.3) is 0 Å². The molecule has 0 saturated carbocycles. The Kier molecular flexibility index (Phi) is 7.06. The van der Waals surface area contributed by atoms with Crippen LogP contribution in [0.3, 0.4) is 0 Å². The number of thioether (sulfide) groups is 1. The van der Waals surface area contributed by atoms with Crippen molar-refractivity contribution in [2.75, 3.05) is 47.0 Å². The van der Waals surface area contributed by atoms with E-state index >= 15 is 0 Å². The normalized spacial score (nSPS) is 13.8. The molecule has 2 heterocycles. The average molecular weight is 476 g/mol. The Labute approximate surface area is 193 Å². The second kappa shape index (κ2) is 10.1. The summed E-state index contributed by atoms with van der Waals surface area (Å²) < 4.78 is 27.7. The van der Waals surface area contributed by atoms with Gasteiger partial charge in [-0.15, -0.1) is 0 Å². The smallest absolute Gasteiger partial charge is 0.234 e. The Morgan fingerprint density at radius 1 is 0.969 bits per heavy atom. The number of benzene rings is 2. The van der Waals surface area contributed by atoms with Crippen LogP contribution in [0.15, 0.2) is 59.8 Å². The number of piperazine rings is 1. The predicted molar refractivity (Wildman–Crippen MR) is 124 cm³/mol. The molecule has 1 fully saturated rings. The molecule has 4 rings (SSSR count). The van der Waals surface area contributed by atoms with Gasteiger partial charge in [-0.3, -0.25) is 4.79 Å². The first-order valence-corrected chi connectivity index (χ1v) is 11.3. The van der Waals surface area contributed by atoms with Gasteiger partial charge in [-0.25, -0.2) is 18.7 Å². The van der Waals surface area contributed by atoms with E-state index in [4.69, 9.17) is 11.6 Å². The third-order valence-corrected chi connectivity index (χ3v) is 5.98. The Morgan fingerprint density at radius 3 is 2.34 bits per heavy atom. The van der Waals surface area contributed by atoms with Gasteiger partial charge in [0.05, 0.1) is 17.1 Å². The molecule has 0 aliphatic carbocycles. The lowest BCUT2D eigenvalue weighted by Gasteiger charge is -2.36. The first-order valence-electron chi connectivity index (χ1n) is 9.96. The zero-order chi connectivity index (χ0) is 22.5. The van der Waals surface area contributed by atoms with Crippen LogP contribution in [0.5, 0.6) is 0 Å². The Bertz CT molecular complexity index is 1110. The van der Waals surface area contributed by atoms with Gasteiger partial charge in [0, 0.05) is 32.2 Å². The van der Waals surface area contributed by atoms with E-state index in [2.05, 4.69) is 15.3 Å². The first-order chi connectivity index (χ1) is 15.5. The average Bonchev–Trinajstić information content (AvgIpc) is 2.79. The number of aromatic nitrogens is 2. The highest BCUT2D eigenvalue weighted by molar-refractivity contribution is 7.99. The minimum Gasteiger partial charge on any atom is -0.366 e. The van der Waals surface area contributed by atoms with Gasteiger partial charge in [0.1, 0.15) is 22.6 Å². The molecule has 166 valence electrons. The minimum atomic E-state index is -0.498. The molecule has 0 spiro atoms. The molecule has 3 aromatic rings. The monoisotopic (exact) mass is 475 g/mol. The molecule has 1 saturated heterocycles. The maximum Gasteiger partial charge on any atom is 0.234 e. The molecule has 0 unspecified atom stereocenters. The molecule has 6 nitrogen and oxygen atoms in total. The maximum absolute atomic E-state index is 14.1. The van der Waals surface area contributed by atoms with Crippen LogP contribution in [-0.4, -0.2) is 47.8 Å². The highest BCUT2D eigenvalue weighted by Gasteiger charge is 2.21.